The minimum atomic E-state index is -0.160. The standard InChI is InChI=1S/C8H11BrClNO/c1-5(4-12)3-7(9)8(10)6(2)11/h3-5H,11H2,1-2H3/b7-3+,8-6-/t5-/m0/s1. The van der Waals surface area contributed by atoms with Gasteiger partial charge in [0.05, 0.1) is 5.03 Å². The van der Waals surface area contributed by atoms with Crippen LogP contribution in [-0.2, 0) is 4.79 Å². The van der Waals surface area contributed by atoms with Gasteiger partial charge in [-0.15, -0.1) is 0 Å². The summed E-state index contributed by atoms with van der Waals surface area (Å²) < 4.78 is 0.656. The van der Waals surface area contributed by atoms with E-state index in [1.165, 1.54) is 0 Å². The molecule has 0 saturated carbocycles. The molecule has 2 N–H and O–H groups in total. The molecule has 68 valence electrons. The topological polar surface area (TPSA) is 43.1 Å². The van der Waals surface area contributed by atoms with Gasteiger partial charge < -0.3 is 10.5 Å². The maximum Gasteiger partial charge on any atom is 0.126 e. The van der Waals surface area contributed by atoms with Gasteiger partial charge in [-0.3, -0.25) is 0 Å². The normalized spacial score (nSPS) is 16.8. The second kappa shape index (κ2) is 5.38. The summed E-state index contributed by atoms with van der Waals surface area (Å²) in [5.41, 5.74) is 5.97. The maximum absolute atomic E-state index is 10.3. The minimum Gasteiger partial charge on any atom is -0.401 e. The van der Waals surface area contributed by atoms with E-state index in [-0.39, 0.29) is 5.92 Å². The Morgan fingerprint density at radius 1 is 1.67 bits per heavy atom. The van der Waals surface area contributed by atoms with Crippen LogP contribution in [0.1, 0.15) is 13.8 Å². The van der Waals surface area contributed by atoms with Gasteiger partial charge in [0.1, 0.15) is 6.29 Å². The van der Waals surface area contributed by atoms with Crippen LogP contribution in [0.3, 0.4) is 0 Å². The molecule has 0 aliphatic rings. The highest BCUT2D eigenvalue weighted by Crippen LogP contribution is 2.23. The van der Waals surface area contributed by atoms with Crippen LogP contribution in [0.4, 0.5) is 0 Å². The van der Waals surface area contributed by atoms with Gasteiger partial charge in [-0.25, -0.2) is 0 Å². The lowest BCUT2D eigenvalue weighted by atomic mass is 10.2. The first-order valence-corrected chi connectivity index (χ1v) is 4.61. The van der Waals surface area contributed by atoms with Gasteiger partial charge in [-0.05, 0) is 22.9 Å². The van der Waals surface area contributed by atoms with Crippen LogP contribution in [0.2, 0.25) is 0 Å². The van der Waals surface area contributed by atoms with Crippen molar-refractivity contribution in [2.45, 2.75) is 13.8 Å². The summed E-state index contributed by atoms with van der Waals surface area (Å²) in [7, 11) is 0. The van der Waals surface area contributed by atoms with E-state index in [4.69, 9.17) is 17.3 Å². The molecular weight excluding hydrogens is 241 g/mol. The second-order valence-electron chi connectivity index (χ2n) is 2.51. The summed E-state index contributed by atoms with van der Waals surface area (Å²) in [6.45, 7) is 3.47. The molecule has 4 heteroatoms. The Kier molecular flexibility index (Phi) is 5.25. The van der Waals surface area contributed by atoms with E-state index >= 15 is 0 Å². The Labute approximate surface area is 85.6 Å². The predicted octanol–water partition coefficient (Wildman–Crippen LogP) is 2.53. The number of hydrogen-bond acceptors (Lipinski definition) is 2. The van der Waals surface area contributed by atoms with Crippen LogP contribution in [0, 0.1) is 5.92 Å². The van der Waals surface area contributed by atoms with Gasteiger partial charge in [0, 0.05) is 16.1 Å². The molecule has 0 aromatic heterocycles. The summed E-state index contributed by atoms with van der Waals surface area (Å²) >= 11 is 9.01. The number of aldehydes is 1. The molecule has 0 rings (SSSR count). The molecule has 0 spiro atoms. The molecule has 12 heavy (non-hydrogen) atoms. The smallest absolute Gasteiger partial charge is 0.126 e. The number of rotatable bonds is 3. The fourth-order valence-corrected chi connectivity index (χ4v) is 1.32. The lowest BCUT2D eigenvalue weighted by molar-refractivity contribution is -0.109. The summed E-state index contributed by atoms with van der Waals surface area (Å²) in [4.78, 5) is 10.3. The fourth-order valence-electron chi connectivity index (χ4n) is 0.532. The van der Waals surface area contributed by atoms with E-state index in [0.717, 1.165) is 6.29 Å². The number of allylic oxidation sites excluding steroid dienone is 4. The first-order chi connectivity index (χ1) is 5.49. The molecule has 0 heterocycles. The zero-order valence-corrected chi connectivity index (χ0v) is 9.32. The number of nitrogens with two attached hydrogens (primary N) is 1. The van der Waals surface area contributed by atoms with Crippen molar-refractivity contribution in [2.75, 3.05) is 0 Å². The lowest BCUT2D eigenvalue weighted by Gasteiger charge is -2.01. The van der Waals surface area contributed by atoms with Crippen molar-refractivity contribution in [3.63, 3.8) is 0 Å². The predicted molar refractivity (Wildman–Crippen MR) is 55.0 cm³/mol. The van der Waals surface area contributed by atoms with E-state index in [1.807, 2.05) is 0 Å². The highest BCUT2D eigenvalue weighted by atomic mass is 79.9. The Hall–Kier alpha value is -0.280. The van der Waals surface area contributed by atoms with E-state index in [0.29, 0.717) is 15.2 Å². The molecule has 2 nitrogen and oxygen atoms in total. The van der Waals surface area contributed by atoms with E-state index in [1.54, 1.807) is 19.9 Å². The van der Waals surface area contributed by atoms with E-state index in [9.17, 15) is 4.79 Å². The zero-order valence-electron chi connectivity index (χ0n) is 6.97. The van der Waals surface area contributed by atoms with Crippen molar-refractivity contribution < 1.29 is 4.79 Å². The first-order valence-electron chi connectivity index (χ1n) is 3.44. The average Bonchev–Trinajstić information content (AvgIpc) is 2.02. The van der Waals surface area contributed by atoms with Crippen LogP contribution in [-0.4, -0.2) is 6.29 Å². The molecule has 0 aromatic rings. The third kappa shape index (κ3) is 3.93. The molecule has 0 saturated heterocycles. The largest absolute Gasteiger partial charge is 0.401 e. The quantitative estimate of drug-likeness (QED) is 0.619. The maximum atomic E-state index is 10.3. The van der Waals surface area contributed by atoms with Crippen LogP contribution in [0.15, 0.2) is 21.3 Å². The van der Waals surface area contributed by atoms with Gasteiger partial charge in [-0.2, -0.15) is 0 Å². The molecule has 0 unspecified atom stereocenters. The summed E-state index contributed by atoms with van der Waals surface area (Å²) in [5, 5.41) is 0.448. The van der Waals surface area contributed by atoms with Crippen molar-refractivity contribution in [2.24, 2.45) is 11.7 Å². The van der Waals surface area contributed by atoms with Crippen LogP contribution >= 0.6 is 27.5 Å². The monoisotopic (exact) mass is 251 g/mol. The fraction of sp³-hybridized carbons (Fsp3) is 0.375. The molecule has 1 atom stereocenters. The highest BCUT2D eigenvalue weighted by molar-refractivity contribution is 9.12. The van der Waals surface area contributed by atoms with Crippen LogP contribution < -0.4 is 5.73 Å². The number of hydrogen-bond donors (Lipinski definition) is 1. The zero-order chi connectivity index (χ0) is 9.72. The first kappa shape index (κ1) is 11.7. The van der Waals surface area contributed by atoms with Crippen molar-refractivity contribution >= 4 is 33.8 Å². The van der Waals surface area contributed by atoms with Crippen molar-refractivity contribution in [3.8, 4) is 0 Å². The van der Waals surface area contributed by atoms with Crippen LogP contribution in [0.5, 0.6) is 0 Å². The van der Waals surface area contributed by atoms with Crippen LogP contribution in [0.25, 0.3) is 0 Å². The van der Waals surface area contributed by atoms with Crippen molar-refractivity contribution in [3.05, 3.63) is 21.3 Å². The number of halogens is 2. The summed E-state index contributed by atoms with van der Waals surface area (Å²) in [6.07, 6.45) is 2.53. The Morgan fingerprint density at radius 3 is 2.50 bits per heavy atom. The van der Waals surface area contributed by atoms with Gasteiger partial charge >= 0.3 is 0 Å². The van der Waals surface area contributed by atoms with Gasteiger partial charge in [0.25, 0.3) is 0 Å². The highest BCUT2D eigenvalue weighted by Gasteiger charge is 2.03. The minimum absolute atomic E-state index is 0.160. The SMILES string of the molecule is C/C(N)=C(Cl)\C(Br)=C/[C@H](C)C=O. The molecule has 0 amide bonds. The molecule has 0 aliphatic heterocycles. The summed E-state index contributed by atoms with van der Waals surface area (Å²) in [5.74, 6) is -0.160. The molecule has 0 aromatic carbocycles. The second-order valence-corrected chi connectivity index (χ2v) is 3.74. The third-order valence-electron chi connectivity index (χ3n) is 1.18. The van der Waals surface area contributed by atoms with Gasteiger partial charge in [0.15, 0.2) is 0 Å². The van der Waals surface area contributed by atoms with E-state index < -0.39 is 0 Å². The molecule has 0 radical (unpaired) electrons. The Balaban J connectivity index is 4.59. The number of carbonyl (C=O) groups excluding carboxylic acids is 1. The Morgan fingerprint density at radius 2 is 2.17 bits per heavy atom. The molecular formula is C8H11BrClNO. The average molecular weight is 253 g/mol. The Bertz CT molecular complexity index is 231. The van der Waals surface area contributed by atoms with Crippen molar-refractivity contribution in [1.29, 1.82) is 0 Å². The van der Waals surface area contributed by atoms with Gasteiger partial charge in [-0.1, -0.05) is 24.6 Å². The van der Waals surface area contributed by atoms with Gasteiger partial charge in [0.2, 0.25) is 0 Å². The lowest BCUT2D eigenvalue weighted by Crippen LogP contribution is -1.96. The molecule has 0 bridgehead atoms. The molecule has 0 fully saturated rings. The van der Waals surface area contributed by atoms with E-state index in [2.05, 4.69) is 15.9 Å². The third-order valence-corrected chi connectivity index (χ3v) is 2.57. The summed E-state index contributed by atoms with van der Waals surface area (Å²) in [6, 6.07) is 0. The molecule has 0 aliphatic carbocycles. The number of carbonyl (C=O) groups is 1. The van der Waals surface area contributed by atoms with Crippen molar-refractivity contribution in [1.82, 2.24) is 0 Å².